The summed E-state index contributed by atoms with van der Waals surface area (Å²) in [5, 5.41) is 4.10. The fourth-order valence-corrected chi connectivity index (χ4v) is 1.72. The van der Waals surface area contributed by atoms with E-state index >= 15 is 0 Å². The van der Waals surface area contributed by atoms with Crippen LogP contribution >= 0.6 is 15.9 Å². The van der Waals surface area contributed by atoms with Crippen LogP contribution in [0.25, 0.3) is 5.69 Å². The third kappa shape index (κ3) is 3.41. The van der Waals surface area contributed by atoms with Crippen LogP contribution in [0.1, 0.15) is 10.4 Å². The number of esters is 1. The van der Waals surface area contributed by atoms with Gasteiger partial charge in [0.05, 0.1) is 21.9 Å². The second kappa shape index (κ2) is 5.66. The molecule has 7 heteroatoms. The Labute approximate surface area is 117 Å². The summed E-state index contributed by atoms with van der Waals surface area (Å²) < 4.78 is 7.17. The molecule has 0 bridgehead atoms. The van der Waals surface area contributed by atoms with E-state index in [1.807, 2.05) is 0 Å². The minimum absolute atomic E-state index is 0.324. The number of nitrogens with zero attached hydrogens (tertiary/aromatic N) is 2. The minimum atomic E-state index is -0.694. The lowest BCUT2D eigenvalue weighted by molar-refractivity contribution is -0.121. The van der Waals surface area contributed by atoms with Crippen molar-refractivity contribution in [3.8, 4) is 5.69 Å². The Kier molecular flexibility index (Phi) is 3.96. The molecule has 2 aromatic rings. The SMILES string of the molecule is NC(=O)COC(=O)c1cccc(-n2cc(Br)cn2)c1. The first-order valence-corrected chi connectivity index (χ1v) is 6.11. The van der Waals surface area contributed by atoms with Gasteiger partial charge in [-0.25, -0.2) is 9.48 Å². The second-order valence-electron chi connectivity index (χ2n) is 3.70. The Morgan fingerprint density at radius 1 is 1.42 bits per heavy atom. The molecule has 1 aromatic heterocycles. The number of nitrogens with two attached hydrogens (primary N) is 1. The molecule has 0 saturated carbocycles. The van der Waals surface area contributed by atoms with Crippen molar-refractivity contribution in [1.82, 2.24) is 9.78 Å². The van der Waals surface area contributed by atoms with Crippen molar-refractivity contribution in [3.05, 3.63) is 46.7 Å². The maximum absolute atomic E-state index is 11.7. The summed E-state index contributed by atoms with van der Waals surface area (Å²) in [6.45, 7) is -0.434. The fraction of sp³-hybridized carbons (Fsp3) is 0.0833. The average Bonchev–Trinajstić information content (AvgIpc) is 2.83. The highest BCUT2D eigenvalue weighted by molar-refractivity contribution is 9.10. The standard InChI is InChI=1S/C12H10BrN3O3/c13-9-5-15-16(6-9)10-3-1-2-8(4-10)12(18)19-7-11(14)17/h1-6H,7H2,(H2,14,17). The Morgan fingerprint density at radius 2 is 2.21 bits per heavy atom. The zero-order valence-electron chi connectivity index (χ0n) is 9.75. The van der Waals surface area contributed by atoms with E-state index in [0.717, 1.165) is 4.47 Å². The van der Waals surface area contributed by atoms with Crippen molar-refractivity contribution >= 4 is 27.8 Å². The molecule has 2 rings (SSSR count). The molecule has 1 amide bonds. The highest BCUT2D eigenvalue weighted by atomic mass is 79.9. The third-order valence-electron chi connectivity index (χ3n) is 2.24. The Balaban J connectivity index is 2.19. The number of rotatable bonds is 4. The largest absolute Gasteiger partial charge is 0.452 e. The predicted molar refractivity (Wildman–Crippen MR) is 70.7 cm³/mol. The fourth-order valence-electron chi connectivity index (χ4n) is 1.44. The number of aromatic nitrogens is 2. The summed E-state index contributed by atoms with van der Waals surface area (Å²) in [6, 6.07) is 6.70. The smallest absolute Gasteiger partial charge is 0.338 e. The quantitative estimate of drug-likeness (QED) is 0.858. The first-order chi connectivity index (χ1) is 9.06. The summed E-state index contributed by atoms with van der Waals surface area (Å²) >= 11 is 3.29. The van der Waals surface area contributed by atoms with Gasteiger partial charge >= 0.3 is 5.97 Å². The maximum Gasteiger partial charge on any atom is 0.338 e. The van der Waals surface area contributed by atoms with Crippen molar-refractivity contribution in [3.63, 3.8) is 0 Å². The molecule has 0 spiro atoms. The number of carbonyl (C=O) groups excluding carboxylic acids is 2. The van der Waals surface area contributed by atoms with Crippen LogP contribution in [0.5, 0.6) is 0 Å². The monoisotopic (exact) mass is 323 g/mol. The Hall–Kier alpha value is -2.15. The number of benzene rings is 1. The van der Waals surface area contributed by atoms with Gasteiger partial charge in [-0.05, 0) is 34.1 Å². The zero-order chi connectivity index (χ0) is 13.8. The Morgan fingerprint density at radius 3 is 2.84 bits per heavy atom. The number of carbonyl (C=O) groups is 2. The van der Waals surface area contributed by atoms with Gasteiger partial charge < -0.3 is 10.5 Å². The highest BCUT2D eigenvalue weighted by Gasteiger charge is 2.10. The first kappa shape index (κ1) is 13.3. The maximum atomic E-state index is 11.7. The molecule has 0 aliphatic rings. The van der Waals surface area contributed by atoms with Crippen molar-refractivity contribution < 1.29 is 14.3 Å². The highest BCUT2D eigenvalue weighted by Crippen LogP contribution is 2.14. The van der Waals surface area contributed by atoms with Crippen LogP contribution in [0.2, 0.25) is 0 Å². The molecule has 0 radical (unpaired) electrons. The second-order valence-corrected chi connectivity index (χ2v) is 4.61. The number of amides is 1. The van der Waals surface area contributed by atoms with E-state index in [2.05, 4.69) is 21.0 Å². The molecule has 0 atom stereocenters. The van der Waals surface area contributed by atoms with E-state index in [1.54, 1.807) is 41.3 Å². The van der Waals surface area contributed by atoms with Gasteiger partial charge in [0.2, 0.25) is 0 Å². The van der Waals surface area contributed by atoms with Crippen LogP contribution in [-0.2, 0) is 9.53 Å². The number of ether oxygens (including phenoxy) is 1. The molecule has 0 unspecified atom stereocenters. The van der Waals surface area contributed by atoms with Crippen LogP contribution in [0.3, 0.4) is 0 Å². The van der Waals surface area contributed by atoms with Crippen LogP contribution in [-0.4, -0.2) is 28.3 Å². The molecule has 1 heterocycles. The van der Waals surface area contributed by atoms with Crippen LogP contribution in [0.4, 0.5) is 0 Å². The predicted octanol–water partition coefficient (Wildman–Crippen LogP) is 1.28. The lowest BCUT2D eigenvalue weighted by atomic mass is 10.2. The normalized spacial score (nSPS) is 10.2. The molecule has 0 aliphatic heterocycles. The zero-order valence-corrected chi connectivity index (χ0v) is 11.3. The van der Waals surface area contributed by atoms with Crippen molar-refractivity contribution in [2.45, 2.75) is 0 Å². The summed E-state index contributed by atoms with van der Waals surface area (Å²) in [5.74, 6) is -1.30. The number of hydrogen-bond donors (Lipinski definition) is 1. The molecule has 98 valence electrons. The van der Waals surface area contributed by atoms with Gasteiger partial charge in [0.25, 0.3) is 5.91 Å². The van der Waals surface area contributed by atoms with Crippen molar-refractivity contribution in [1.29, 1.82) is 0 Å². The number of halogens is 1. The minimum Gasteiger partial charge on any atom is -0.452 e. The summed E-state index contributed by atoms with van der Waals surface area (Å²) in [6.07, 6.45) is 3.39. The van der Waals surface area contributed by atoms with Crippen molar-refractivity contribution in [2.24, 2.45) is 5.73 Å². The van der Waals surface area contributed by atoms with Gasteiger partial charge in [-0.1, -0.05) is 6.07 Å². The van der Waals surface area contributed by atoms with Crippen molar-refractivity contribution in [2.75, 3.05) is 6.61 Å². The lowest BCUT2D eigenvalue weighted by Crippen LogP contribution is -2.21. The lowest BCUT2D eigenvalue weighted by Gasteiger charge is -2.05. The van der Waals surface area contributed by atoms with Crippen LogP contribution < -0.4 is 5.73 Å². The van der Waals surface area contributed by atoms with E-state index in [1.165, 1.54) is 0 Å². The van der Waals surface area contributed by atoms with Crippen LogP contribution in [0, 0.1) is 0 Å². The molecule has 0 fully saturated rings. The molecular weight excluding hydrogens is 314 g/mol. The van der Waals surface area contributed by atoms with Gasteiger partial charge in [-0.2, -0.15) is 5.10 Å². The molecule has 6 nitrogen and oxygen atoms in total. The van der Waals surface area contributed by atoms with Gasteiger partial charge in [-0.15, -0.1) is 0 Å². The summed E-state index contributed by atoms with van der Waals surface area (Å²) in [4.78, 5) is 22.2. The van der Waals surface area contributed by atoms with E-state index in [0.29, 0.717) is 11.3 Å². The molecule has 0 aliphatic carbocycles. The number of hydrogen-bond acceptors (Lipinski definition) is 4. The Bertz CT molecular complexity index is 624. The topological polar surface area (TPSA) is 87.2 Å². The summed E-state index contributed by atoms with van der Waals surface area (Å²) in [7, 11) is 0. The van der Waals surface area contributed by atoms with E-state index in [4.69, 9.17) is 10.5 Å². The van der Waals surface area contributed by atoms with E-state index < -0.39 is 18.5 Å². The van der Waals surface area contributed by atoms with Gasteiger partial charge in [-0.3, -0.25) is 4.79 Å². The first-order valence-electron chi connectivity index (χ1n) is 5.32. The number of primary amides is 1. The van der Waals surface area contributed by atoms with Gasteiger partial charge in [0.1, 0.15) is 0 Å². The average molecular weight is 324 g/mol. The van der Waals surface area contributed by atoms with Gasteiger partial charge in [0.15, 0.2) is 6.61 Å². The van der Waals surface area contributed by atoms with E-state index in [9.17, 15) is 9.59 Å². The molecule has 0 saturated heterocycles. The molecule has 2 N–H and O–H groups in total. The summed E-state index contributed by atoms with van der Waals surface area (Å²) in [5.41, 5.74) is 5.94. The molecule has 19 heavy (non-hydrogen) atoms. The van der Waals surface area contributed by atoms with Crippen LogP contribution in [0.15, 0.2) is 41.1 Å². The van der Waals surface area contributed by atoms with Gasteiger partial charge in [0, 0.05) is 6.20 Å². The molecule has 1 aromatic carbocycles. The van der Waals surface area contributed by atoms with E-state index in [-0.39, 0.29) is 0 Å². The molecular formula is C12H10BrN3O3. The third-order valence-corrected chi connectivity index (χ3v) is 2.65.